The Morgan fingerprint density at radius 1 is 1.53 bits per heavy atom. The highest BCUT2D eigenvalue weighted by atomic mass is 16.5. The van der Waals surface area contributed by atoms with Crippen molar-refractivity contribution in [2.75, 3.05) is 7.11 Å². The Morgan fingerprint density at radius 2 is 2.24 bits per heavy atom. The standard InChI is InChI=1S/C13H13NO3/c1-17-13(16)7-10(9-15)6-11-4-2-3-5-12(11)8-14/h2-5,9-10H,6-7H2,1H3. The highest BCUT2D eigenvalue weighted by Crippen LogP contribution is 2.15. The number of nitriles is 1. The zero-order chi connectivity index (χ0) is 12.7. The molecule has 1 aromatic carbocycles. The number of methoxy groups -OCH3 is 1. The van der Waals surface area contributed by atoms with Crippen molar-refractivity contribution in [3.05, 3.63) is 35.4 Å². The number of hydrogen-bond donors (Lipinski definition) is 0. The van der Waals surface area contributed by atoms with Gasteiger partial charge < -0.3 is 9.53 Å². The number of rotatable bonds is 5. The number of benzene rings is 1. The molecule has 0 aliphatic heterocycles. The van der Waals surface area contributed by atoms with Crippen LogP contribution in [-0.4, -0.2) is 19.4 Å². The van der Waals surface area contributed by atoms with Gasteiger partial charge in [0.15, 0.2) is 0 Å². The van der Waals surface area contributed by atoms with Crippen LogP contribution in [0.15, 0.2) is 24.3 Å². The van der Waals surface area contributed by atoms with E-state index in [-0.39, 0.29) is 6.42 Å². The lowest BCUT2D eigenvalue weighted by Crippen LogP contribution is -2.14. The summed E-state index contributed by atoms with van der Waals surface area (Å²) in [4.78, 5) is 21.9. The van der Waals surface area contributed by atoms with E-state index in [1.165, 1.54) is 7.11 Å². The first-order valence-corrected chi connectivity index (χ1v) is 5.21. The lowest BCUT2D eigenvalue weighted by molar-refractivity contribution is -0.142. The van der Waals surface area contributed by atoms with E-state index >= 15 is 0 Å². The summed E-state index contributed by atoms with van der Waals surface area (Å²) in [6.07, 6.45) is 1.15. The van der Waals surface area contributed by atoms with Gasteiger partial charge in [-0.3, -0.25) is 4.79 Å². The van der Waals surface area contributed by atoms with Gasteiger partial charge in [-0.05, 0) is 18.1 Å². The average molecular weight is 231 g/mol. The zero-order valence-electron chi connectivity index (χ0n) is 9.55. The molecule has 1 aromatic rings. The molecule has 88 valence electrons. The van der Waals surface area contributed by atoms with Crippen LogP contribution in [0.5, 0.6) is 0 Å². The minimum Gasteiger partial charge on any atom is -0.469 e. The second-order valence-corrected chi connectivity index (χ2v) is 3.65. The van der Waals surface area contributed by atoms with Gasteiger partial charge in [-0.2, -0.15) is 5.26 Å². The molecule has 0 bridgehead atoms. The molecular formula is C13H13NO3. The molecule has 1 rings (SSSR count). The maximum Gasteiger partial charge on any atom is 0.306 e. The minimum absolute atomic E-state index is 0.0414. The minimum atomic E-state index is -0.447. The van der Waals surface area contributed by atoms with Crippen molar-refractivity contribution in [3.8, 4) is 6.07 Å². The molecule has 0 radical (unpaired) electrons. The molecule has 0 aliphatic rings. The van der Waals surface area contributed by atoms with Gasteiger partial charge in [0.1, 0.15) is 6.29 Å². The van der Waals surface area contributed by atoms with Crippen LogP contribution in [0.25, 0.3) is 0 Å². The quantitative estimate of drug-likeness (QED) is 0.568. The number of carbonyl (C=O) groups excluding carboxylic acids is 2. The molecule has 0 aromatic heterocycles. The molecule has 4 nitrogen and oxygen atoms in total. The van der Waals surface area contributed by atoms with Crippen molar-refractivity contribution in [3.63, 3.8) is 0 Å². The number of hydrogen-bond acceptors (Lipinski definition) is 4. The summed E-state index contributed by atoms with van der Waals surface area (Å²) in [7, 11) is 1.29. The summed E-state index contributed by atoms with van der Waals surface area (Å²) in [5.41, 5.74) is 1.31. The van der Waals surface area contributed by atoms with Crippen molar-refractivity contribution >= 4 is 12.3 Å². The van der Waals surface area contributed by atoms with Crippen molar-refractivity contribution in [2.45, 2.75) is 12.8 Å². The summed E-state index contributed by atoms with van der Waals surface area (Å²) in [5, 5.41) is 8.90. The maximum atomic E-state index is 11.1. The van der Waals surface area contributed by atoms with Crippen molar-refractivity contribution in [1.82, 2.24) is 0 Å². The number of nitrogens with zero attached hydrogens (tertiary/aromatic N) is 1. The average Bonchev–Trinajstić information content (AvgIpc) is 2.38. The highest BCUT2D eigenvalue weighted by Gasteiger charge is 2.15. The maximum absolute atomic E-state index is 11.1. The summed E-state index contributed by atoms with van der Waals surface area (Å²) >= 11 is 0. The third-order valence-electron chi connectivity index (χ3n) is 2.47. The Bertz CT molecular complexity index is 448. The van der Waals surface area contributed by atoms with E-state index in [4.69, 9.17) is 5.26 Å². The van der Waals surface area contributed by atoms with Crippen LogP contribution in [0, 0.1) is 17.2 Å². The van der Waals surface area contributed by atoms with E-state index in [0.717, 1.165) is 11.8 Å². The van der Waals surface area contributed by atoms with Gasteiger partial charge in [0.25, 0.3) is 0 Å². The third-order valence-corrected chi connectivity index (χ3v) is 2.47. The molecule has 0 N–H and O–H groups in total. The highest BCUT2D eigenvalue weighted by molar-refractivity contribution is 5.73. The lowest BCUT2D eigenvalue weighted by atomic mass is 9.95. The Balaban J connectivity index is 2.77. The van der Waals surface area contributed by atoms with Crippen LogP contribution in [0.3, 0.4) is 0 Å². The van der Waals surface area contributed by atoms with Crippen LogP contribution in [-0.2, 0) is 20.7 Å². The van der Waals surface area contributed by atoms with Crippen LogP contribution in [0.4, 0.5) is 0 Å². The second kappa shape index (κ2) is 6.44. The Morgan fingerprint density at radius 3 is 2.82 bits per heavy atom. The Kier molecular flexibility index (Phi) is 4.89. The third kappa shape index (κ3) is 3.72. The van der Waals surface area contributed by atoms with Gasteiger partial charge in [-0.25, -0.2) is 0 Å². The summed E-state index contributed by atoms with van der Waals surface area (Å²) in [5.74, 6) is -0.867. The molecule has 0 amide bonds. The zero-order valence-corrected chi connectivity index (χ0v) is 9.55. The van der Waals surface area contributed by atoms with Gasteiger partial charge in [0.05, 0.1) is 25.2 Å². The molecule has 17 heavy (non-hydrogen) atoms. The van der Waals surface area contributed by atoms with E-state index in [2.05, 4.69) is 10.8 Å². The van der Waals surface area contributed by atoms with E-state index in [0.29, 0.717) is 12.0 Å². The molecule has 0 saturated heterocycles. The molecular weight excluding hydrogens is 218 g/mol. The molecule has 0 fully saturated rings. The van der Waals surface area contributed by atoms with Gasteiger partial charge >= 0.3 is 5.97 Å². The molecule has 4 heteroatoms. The predicted octanol–water partition coefficient (Wildman–Crippen LogP) is 1.48. The van der Waals surface area contributed by atoms with E-state index in [1.54, 1.807) is 24.3 Å². The topological polar surface area (TPSA) is 67.2 Å². The summed E-state index contributed by atoms with van der Waals surface area (Å²) in [6.45, 7) is 0. The number of ether oxygens (including phenoxy) is 1. The fraction of sp³-hybridized carbons (Fsp3) is 0.308. The van der Waals surface area contributed by atoms with E-state index < -0.39 is 11.9 Å². The normalized spacial score (nSPS) is 11.3. The van der Waals surface area contributed by atoms with E-state index in [9.17, 15) is 9.59 Å². The van der Waals surface area contributed by atoms with E-state index in [1.807, 2.05) is 0 Å². The van der Waals surface area contributed by atoms with Crippen molar-refractivity contribution < 1.29 is 14.3 Å². The summed E-state index contributed by atoms with van der Waals surface area (Å²) in [6, 6.07) is 9.10. The molecule has 0 heterocycles. The first-order valence-electron chi connectivity index (χ1n) is 5.21. The van der Waals surface area contributed by atoms with Crippen LogP contribution >= 0.6 is 0 Å². The van der Waals surface area contributed by atoms with Crippen LogP contribution < -0.4 is 0 Å². The number of carbonyl (C=O) groups is 2. The Hall–Kier alpha value is -2.15. The largest absolute Gasteiger partial charge is 0.469 e. The fourth-order valence-corrected chi connectivity index (χ4v) is 1.56. The lowest BCUT2D eigenvalue weighted by Gasteiger charge is -2.09. The van der Waals surface area contributed by atoms with Crippen molar-refractivity contribution in [2.24, 2.45) is 5.92 Å². The van der Waals surface area contributed by atoms with Gasteiger partial charge in [-0.15, -0.1) is 0 Å². The molecule has 1 unspecified atom stereocenters. The Labute approximate surface area is 99.8 Å². The number of aldehydes is 1. The molecule has 1 atom stereocenters. The predicted molar refractivity (Wildman–Crippen MR) is 61.0 cm³/mol. The molecule has 0 saturated carbocycles. The molecule has 0 spiro atoms. The fourth-order valence-electron chi connectivity index (χ4n) is 1.56. The monoisotopic (exact) mass is 231 g/mol. The first kappa shape index (κ1) is 12.9. The summed E-state index contributed by atoms with van der Waals surface area (Å²) < 4.78 is 4.51. The SMILES string of the molecule is COC(=O)CC(C=O)Cc1ccccc1C#N. The first-order chi connectivity index (χ1) is 8.21. The van der Waals surface area contributed by atoms with Gasteiger partial charge in [0.2, 0.25) is 0 Å². The smallest absolute Gasteiger partial charge is 0.306 e. The van der Waals surface area contributed by atoms with Gasteiger partial charge in [-0.1, -0.05) is 18.2 Å². The van der Waals surface area contributed by atoms with Crippen molar-refractivity contribution in [1.29, 1.82) is 5.26 Å². The van der Waals surface area contributed by atoms with Crippen LogP contribution in [0.2, 0.25) is 0 Å². The molecule has 0 aliphatic carbocycles. The number of esters is 1. The van der Waals surface area contributed by atoms with Gasteiger partial charge in [0, 0.05) is 5.92 Å². The van der Waals surface area contributed by atoms with Crippen LogP contribution in [0.1, 0.15) is 17.5 Å². The second-order valence-electron chi connectivity index (χ2n) is 3.65.